The van der Waals surface area contributed by atoms with Crippen molar-refractivity contribution in [3.05, 3.63) is 66.2 Å². The summed E-state index contributed by atoms with van der Waals surface area (Å²) in [5, 5.41) is 5.31. The number of benzene rings is 3. The molecule has 3 rings (SSSR count). The van der Waals surface area contributed by atoms with Gasteiger partial charge in [-0.05, 0) is 67.6 Å². The zero-order valence-corrected chi connectivity index (χ0v) is 20.0. The molecule has 0 aliphatic heterocycles. The highest BCUT2D eigenvalue weighted by atomic mass is 16.5. The number of rotatable bonds is 11. The van der Waals surface area contributed by atoms with Crippen molar-refractivity contribution >= 4 is 17.5 Å². The van der Waals surface area contributed by atoms with Crippen LogP contribution in [-0.2, 0) is 4.79 Å². The molecule has 0 heterocycles. The molecule has 0 aromatic heterocycles. The predicted octanol–water partition coefficient (Wildman–Crippen LogP) is 4.27. The molecule has 2 amide bonds. The molecule has 9 heteroatoms. The van der Waals surface area contributed by atoms with Gasteiger partial charge in [0, 0.05) is 11.3 Å². The lowest BCUT2D eigenvalue weighted by Gasteiger charge is -2.14. The standard InChI is InChI=1S/C26H28N2O7/c1-5-34-19-10-12-21(13-11-19)35-20-8-6-18(7-9-20)28-24(29)16-27-26(30)17-14-22(31-2)25(33-4)23(15-17)32-3/h6-15H,5,16H2,1-4H3,(H,27,30)(H,28,29). The second-order valence-electron chi connectivity index (χ2n) is 7.18. The van der Waals surface area contributed by atoms with Crippen molar-refractivity contribution in [3.8, 4) is 34.5 Å². The van der Waals surface area contributed by atoms with Gasteiger partial charge in [-0.2, -0.15) is 0 Å². The van der Waals surface area contributed by atoms with E-state index < -0.39 is 5.91 Å². The molecule has 9 nitrogen and oxygen atoms in total. The van der Waals surface area contributed by atoms with Crippen LogP contribution in [0.2, 0.25) is 0 Å². The van der Waals surface area contributed by atoms with E-state index in [4.69, 9.17) is 23.7 Å². The molecule has 2 N–H and O–H groups in total. The van der Waals surface area contributed by atoms with Crippen molar-refractivity contribution < 1.29 is 33.3 Å². The minimum Gasteiger partial charge on any atom is -0.494 e. The number of hydrogen-bond donors (Lipinski definition) is 2. The van der Waals surface area contributed by atoms with Crippen LogP contribution in [0.5, 0.6) is 34.5 Å². The first-order chi connectivity index (χ1) is 17.0. The Morgan fingerprint density at radius 2 is 1.31 bits per heavy atom. The number of amides is 2. The maximum absolute atomic E-state index is 12.5. The Hall–Kier alpha value is -4.40. The Balaban J connectivity index is 1.53. The summed E-state index contributed by atoms with van der Waals surface area (Å²) in [7, 11) is 4.39. The second kappa shape index (κ2) is 12.2. The van der Waals surface area contributed by atoms with E-state index in [-0.39, 0.29) is 18.0 Å². The molecule has 0 aliphatic carbocycles. The van der Waals surface area contributed by atoms with Crippen LogP contribution < -0.4 is 34.3 Å². The molecule has 3 aromatic carbocycles. The minimum absolute atomic E-state index is 0.222. The maximum Gasteiger partial charge on any atom is 0.251 e. The van der Waals surface area contributed by atoms with Gasteiger partial charge < -0.3 is 34.3 Å². The highest BCUT2D eigenvalue weighted by Gasteiger charge is 2.17. The van der Waals surface area contributed by atoms with E-state index in [2.05, 4.69) is 10.6 Å². The molecule has 184 valence electrons. The Kier molecular flexibility index (Phi) is 8.77. The molecule has 0 bridgehead atoms. The molecule has 0 aliphatic rings. The Morgan fingerprint density at radius 3 is 1.83 bits per heavy atom. The number of anilines is 1. The Morgan fingerprint density at radius 1 is 0.771 bits per heavy atom. The van der Waals surface area contributed by atoms with Crippen LogP contribution in [0.25, 0.3) is 0 Å². The van der Waals surface area contributed by atoms with Crippen molar-refractivity contribution in [2.24, 2.45) is 0 Å². The van der Waals surface area contributed by atoms with Crippen LogP contribution in [0.4, 0.5) is 5.69 Å². The van der Waals surface area contributed by atoms with Crippen LogP contribution in [0, 0.1) is 0 Å². The zero-order chi connectivity index (χ0) is 25.2. The predicted molar refractivity (Wildman–Crippen MR) is 131 cm³/mol. The molecular formula is C26H28N2O7. The van der Waals surface area contributed by atoms with E-state index in [0.717, 1.165) is 5.75 Å². The van der Waals surface area contributed by atoms with Gasteiger partial charge in [-0.3, -0.25) is 9.59 Å². The van der Waals surface area contributed by atoms with E-state index >= 15 is 0 Å². The third-order valence-electron chi connectivity index (χ3n) is 4.84. The summed E-state index contributed by atoms with van der Waals surface area (Å²) in [5.74, 6) is 2.27. The topological polar surface area (TPSA) is 104 Å². The van der Waals surface area contributed by atoms with Crippen molar-refractivity contribution in [1.29, 1.82) is 0 Å². The van der Waals surface area contributed by atoms with Crippen LogP contribution in [0.1, 0.15) is 17.3 Å². The highest BCUT2D eigenvalue weighted by Crippen LogP contribution is 2.38. The molecule has 0 fully saturated rings. The molecule has 0 unspecified atom stereocenters. The van der Waals surface area contributed by atoms with Gasteiger partial charge in [-0.25, -0.2) is 0 Å². The highest BCUT2D eigenvalue weighted by molar-refractivity contribution is 6.00. The van der Waals surface area contributed by atoms with Gasteiger partial charge >= 0.3 is 0 Å². The molecule has 0 saturated carbocycles. The minimum atomic E-state index is -0.460. The van der Waals surface area contributed by atoms with Crippen molar-refractivity contribution in [2.75, 3.05) is 39.8 Å². The maximum atomic E-state index is 12.5. The fourth-order valence-corrected chi connectivity index (χ4v) is 3.19. The summed E-state index contributed by atoms with van der Waals surface area (Å²) < 4.78 is 27.0. The van der Waals surface area contributed by atoms with Crippen LogP contribution in [-0.4, -0.2) is 46.3 Å². The van der Waals surface area contributed by atoms with Gasteiger partial charge in [0.1, 0.15) is 17.2 Å². The van der Waals surface area contributed by atoms with Crippen LogP contribution in [0.3, 0.4) is 0 Å². The zero-order valence-electron chi connectivity index (χ0n) is 20.0. The van der Waals surface area contributed by atoms with Crippen LogP contribution >= 0.6 is 0 Å². The van der Waals surface area contributed by atoms with Gasteiger partial charge in [-0.1, -0.05) is 0 Å². The first-order valence-electron chi connectivity index (χ1n) is 10.9. The Labute approximate surface area is 203 Å². The van der Waals surface area contributed by atoms with Gasteiger partial charge in [0.2, 0.25) is 11.7 Å². The number of hydrogen-bond acceptors (Lipinski definition) is 7. The van der Waals surface area contributed by atoms with Gasteiger partial charge in [0.25, 0.3) is 5.91 Å². The fourth-order valence-electron chi connectivity index (χ4n) is 3.19. The van der Waals surface area contributed by atoms with Crippen molar-refractivity contribution in [1.82, 2.24) is 5.32 Å². The summed E-state index contributed by atoms with van der Waals surface area (Å²) in [5.41, 5.74) is 0.833. The monoisotopic (exact) mass is 480 g/mol. The summed E-state index contributed by atoms with van der Waals surface area (Å²) in [6.45, 7) is 2.30. The third-order valence-corrected chi connectivity index (χ3v) is 4.84. The van der Waals surface area contributed by atoms with Crippen molar-refractivity contribution in [2.45, 2.75) is 6.92 Å². The van der Waals surface area contributed by atoms with Gasteiger partial charge in [0.05, 0.1) is 34.5 Å². The third kappa shape index (κ3) is 6.80. The average molecular weight is 481 g/mol. The number of carbonyl (C=O) groups is 2. The molecule has 35 heavy (non-hydrogen) atoms. The summed E-state index contributed by atoms with van der Waals surface area (Å²) in [6.07, 6.45) is 0. The lowest BCUT2D eigenvalue weighted by atomic mass is 10.1. The largest absolute Gasteiger partial charge is 0.494 e. The molecule has 0 atom stereocenters. The van der Waals surface area contributed by atoms with E-state index in [9.17, 15) is 9.59 Å². The van der Waals surface area contributed by atoms with Crippen molar-refractivity contribution in [3.63, 3.8) is 0 Å². The fraction of sp³-hybridized carbons (Fsp3) is 0.231. The number of carbonyl (C=O) groups excluding carboxylic acids is 2. The molecular weight excluding hydrogens is 452 g/mol. The first-order valence-corrected chi connectivity index (χ1v) is 10.9. The van der Waals surface area contributed by atoms with E-state index in [0.29, 0.717) is 41.0 Å². The van der Waals surface area contributed by atoms with Gasteiger partial charge in [-0.15, -0.1) is 0 Å². The number of ether oxygens (including phenoxy) is 5. The lowest BCUT2D eigenvalue weighted by molar-refractivity contribution is -0.115. The molecule has 0 saturated heterocycles. The lowest BCUT2D eigenvalue weighted by Crippen LogP contribution is -2.32. The number of nitrogens with one attached hydrogen (secondary N) is 2. The first kappa shape index (κ1) is 25.2. The molecule has 0 spiro atoms. The quantitative estimate of drug-likeness (QED) is 0.422. The number of methoxy groups -OCH3 is 3. The van der Waals surface area contributed by atoms with Gasteiger partial charge in [0.15, 0.2) is 11.5 Å². The smallest absolute Gasteiger partial charge is 0.251 e. The normalized spacial score (nSPS) is 10.2. The molecule has 0 radical (unpaired) electrons. The van der Waals surface area contributed by atoms with E-state index in [1.807, 2.05) is 31.2 Å². The summed E-state index contributed by atoms with van der Waals surface area (Å²) in [4.78, 5) is 24.9. The summed E-state index contributed by atoms with van der Waals surface area (Å²) in [6, 6.07) is 17.2. The van der Waals surface area contributed by atoms with Crippen LogP contribution in [0.15, 0.2) is 60.7 Å². The SMILES string of the molecule is CCOc1ccc(Oc2ccc(NC(=O)CNC(=O)c3cc(OC)c(OC)c(OC)c3)cc2)cc1. The summed E-state index contributed by atoms with van der Waals surface area (Å²) >= 11 is 0. The Bertz CT molecular complexity index is 1120. The second-order valence-corrected chi connectivity index (χ2v) is 7.18. The van der Waals surface area contributed by atoms with E-state index in [1.54, 1.807) is 24.3 Å². The molecule has 3 aromatic rings. The van der Waals surface area contributed by atoms with E-state index in [1.165, 1.54) is 33.5 Å². The average Bonchev–Trinajstić information content (AvgIpc) is 2.88.